The molecule has 0 aromatic carbocycles. The highest BCUT2D eigenvalue weighted by atomic mass is 35.5. The van der Waals surface area contributed by atoms with Crippen LogP contribution >= 0.6 is 11.6 Å². The number of hydrogen-bond acceptors (Lipinski definition) is 0. The van der Waals surface area contributed by atoms with Gasteiger partial charge in [-0.15, -0.1) is 0 Å². The van der Waals surface area contributed by atoms with Gasteiger partial charge < -0.3 is 0 Å². The zero-order valence-corrected chi connectivity index (χ0v) is 13.3. The molecule has 0 aliphatic carbocycles. The lowest BCUT2D eigenvalue weighted by Crippen LogP contribution is -2.65. The number of allylic oxidation sites excluding steroid dienone is 1. The first kappa shape index (κ1) is 26.1. The van der Waals surface area contributed by atoms with E-state index in [2.05, 4.69) is 11.6 Å². The Morgan fingerprint density at radius 2 is 1.22 bits per heavy atom. The second kappa shape index (κ2) is 8.19. The van der Waals surface area contributed by atoms with E-state index in [-0.39, 0.29) is 0 Å². The first-order chi connectivity index (χ1) is 11.8. The Bertz CT molecular complexity index is 536. The summed E-state index contributed by atoms with van der Waals surface area (Å²) >= 11 is 4.09. The second-order valence-electron chi connectivity index (χ2n) is 5.18. The molecule has 0 saturated carbocycles. The van der Waals surface area contributed by atoms with E-state index in [1.54, 1.807) is 0 Å². The number of alkyl halides is 12. The lowest BCUT2D eigenvalue weighted by molar-refractivity contribution is -0.358. The van der Waals surface area contributed by atoms with Crippen LogP contribution in [0.2, 0.25) is 0 Å². The number of halogens is 15. The summed E-state index contributed by atoms with van der Waals surface area (Å²) in [5.41, 5.74) is 0. The van der Waals surface area contributed by atoms with E-state index in [1.165, 1.54) is 0 Å². The van der Waals surface area contributed by atoms with Gasteiger partial charge in [-0.2, -0.15) is 52.7 Å². The van der Waals surface area contributed by atoms with Crippen molar-refractivity contribution in [1.29, 1.82) is 0 Å². The summed E-state index contributed by atoms with van der Waals surface area (Å²) in [4.78, 5) is 0. The van der Waals surface area contributed by atoms with Crippen LogP contribution < -0.4 is 0 Å². The van der Waals surface area contributed by atoms with Crippen molar-refractivity contribution >= 4 is 11.6 Å². The summed E-state index contributed by atoms with van der Waals surface area (Å²) in [5, 5.41) is -3.44. The van der Waals surface area contributed by atoms with E-state index >= 15 is 0 Å². The molecule has 0 aromatic rings. The first-order valence-corrected chi connectivity index (χ1v) is 7.00. The zero-order valence-electron chi connectivity index (χ0n) is 12.6. The van der Waals surface area contributed by atoms with Crippen LogP contribution in [0.5, 0.6) is 0 Å². The normalized spacial score (nSPS) is 15.7. The van der Waals surface area contributed by atoms with Gasteiger partial charge >= 0.3 is 29.6 Å². The molecule has 0 aliphatic heterocycles. The molecule has 0 saturated heterocycles. The molecular weight excluding hydrogens is 446 g/mol. The minimum Gasteiger partial charge on any atom is -0.251 e. The second-order valence-corrected chi connectivity index (χ2v) is 5.56. The molecule has 0 nitrogen and oxygen atoms in total. The molecule has 0 radical (unpaired) electrons. The van der Waals surface area contributed by atoms with Crippen LogP contribution in [-0.2, 0) is 0 Å². The molecule has 162 valence electrons. The molecule has 0 aliphatic rings. The maximum atomic E-state index is 13.4. The molecular formula is C12H9ClF14. The fraction of sp³-hybridized carbons (Fsp3) is 0.833. The van der Waals surface area contributed by atoms with Gasteiger partial charge in [0.25, 0.3) is 6.08 Å². The van der Waals surface area contributed by atoms with Crippen molar-refractivity contribution in [1.82, 2.24) is 0 Å². The Balaban J connectivity index is 6.01. The third-order valence-corrected chi connectivity index (χ3v) is 3.63. The fourth-order valence-electron chi connectivity index (χ4n) is 1.65. The van der Waals surface area contributed by atoms with Gasteiger partial charge in [-0.25, -0.2) is 4.39 Å². The Hall–Kier alpha value is -0.950. The van der Waals surface area contributed by atoms with Crippen molar-refractivity contribution in [2.24, 2.45) is 0 Å². The number of unbranched alkanes of at least 4 members (excludes halogenated alkanes) is 1. The van der Waals surface area contributed by atoms with Crippen LogP contribution in [0.3, 0.4) is 0 Å². The third-order valence-electron chi connectivity index (χ3n) is 3.25. The van der Waals surface area contributed by atoms with Crippen molar-refractivity contribution in [3.05, 3.63) is 11.1 Å². The maximum absolute atomic E-state index is 13.4. The van der Waals surface area contributed by atoms with E-state index in [0.717, 1.165) is 0 Å². The van der Waals surface area contributed by atoms with Crippen molar-refractivity contribution in [2.75, 3.05) is 6.67 Å². The molecule has 0 rings (SSSR count). The number of hydrogen-bond donors (Lipinski definition) is 0. The third kappa shape index (κ3) is 4.56. The fourth-order valence-corrected chi connectivity index (χ4v) is 1.78. The molecule has 0 spiro atoms. The molecule has 0 amide bonds. The minimum atomic E-state index is -7.15. The molecule has 0 heterocycles. The van der Waals surface area contributed by atoms with E-state index in [0.29, 0.717) is 0 Å². The van der Waals surface area contributed by atoms with Gasteiger partial charge in [-0.1, -0.05) is 11.6 Å². The molecule has 1 atom stereocenters. The van der Waals surface area contributed by atoms with Gasteiger partial charge in [0.05, 0.1) is 6.67 Å². The highest BCUT2D eigenvalue weighted by Crippen LogP contribution is 2.56. The van der Waals surface area contributed by atoms with Crippen molar-refractivity contribution in [3.63, 3.8) is 0 Å². The van der Waals surface area contributed by atoms with Gasteiger partial charge in [0.2, 0.25) is 6.17 Å². The average molecular weight is 455 g/mol. The lowest BCUT2D eigenvalue weighted by atomic mass is 9.91. The summed E-state index contributed by atoms with van der Waals surface area (Å²) in [6.07, 6.45) is -14.1. The van der Waals surface area contributed by atoms with Crippen molar-refractivity contribution in [2.45, 2.75) is 55.0 Å². The number of rotatable bonds is 10. The maximum Gasteiger partial charge on any atom is 0.375 e. The predicted molar refractivity (Wildman–Crippen MR) is 64.6 cm³/mol. The minimum absolute atomic E-state index is 0.833. The summed E-state index contributed by atoms with van der Waals surface area (Å²) in [7, 11) is 0. The van der Waals surface area contributed by atoms with Crippen LogP contribution in [0.4, 0.5) is 61.5 Å². The molecule has 1 unspecified atom stereocenters. The molecule has 0 N–H and O–H groups in total. The quantitative estimate of drug-likeness (QED) is 0.247. The Morgan fingerprint density at radius 1 is 0.778 bits per heavy atom. The van der Waals surface area contributed by atoms with Crippen LogP contribution in [0.1, 0.15) is 19.3 Å². The van der Waals surface area contributed by atoms with Crippen LogP contribution in [0.15, 0.2) is 11.1 Å². The summed E-state index contributed by atoms with van der Waals surface area (Å²) < 4.78 is 181. The smallest absolute Gasteiger partial charge is 0.251 e. The average Bonchev–Trinajstić information content (AvgIpc) is 2.52. The standard InChI is InChI=1S/C12H9ClF14/c13-5(6(15)16)9(20,21)10(22,23)7(17)11(24,25)12(26,27)8(18,19)3-1-2-4-14/h7H,1-4H2. The monoisotopic (exact) mass is 454 g/mol. The molecule has 0 aromatic heterocycles. The largest absolute Gasteiger partial charge is 0.375 e. The summed E-state index contributed by atoms with van der Waals surface area (Å²) in [5.74, 6) is -33.7. The topological polar surface area (TPSA) is 0 Å². The Kier molecular flexibility index (Phi) is 7.91. The molecule has 15 heteroatoms. The summed E-state index contributed by atoms with van der Waals surface area (Å²) in [6.45, 7) is -1.34. The molecule has 0 fully saturated rings. The summed E-state index contributed by atoms with van der Waals surface area (Å²) in [6, 6.07) is 0. The van der Waals surface area contributed by atoms with Gasteiger partial charge in [0.15, 0.2) is 5.03 Å². The highest BCUT2D eigenvalue weighted by molar-refractivity contribution is 6.30. The SMILES string of the molecule is FCCCCC(F)(F)C(F)(F)C(F)(F)C(F)C(F)(F)C(F)(F)C(Cl)=C(F)F. The van der Waals surface area contributed by atoms with Crippen molar-refractivity contribution < 1.29 is 61.5 Å². The Labute approximate surface area is 147 Å². The first-order valence-electron chi connectivity index (χ1n) is 6.62. The lowest BCUT2D eigenvalue weighted by Gasteiger charge is -2.38. The predicted octanol–water partition coefficient (Wildman–Crippen LogP) is 6.99. The van der Waals surface area contributed by atoms with Gasteiger partial charge in [-0.05, 0) is 12.8 Å². The zero-order chi connectivity index (χ0) is 22.1. The van der Waals surface area contributed by atoms with Crippen molar-refractivity contribution in [3.8, 4) is 0 Å². The van der Waals surface area contributed by atoms with Crippen LogP contribution in [0, 0.1) is 0 Å². The van der Waals surface area contributed by atoms with Crippen LogP contribution in [-0.4, -0.2) is 42.5 Å². The van der Waals surface area contributed by atoms with Crippen LogP contribution in [0.25, 0.3) is 0 Å². The highest BCUT2D eigenvalue weighted by Gasteiger charge is 2.81. The molecule has 0 bridgehead atoms. The van der Waals surface area contributed by atoms with E-state index in [1.807, 2.05) is 0 Å². The molecule has 27 heavy (non-hydrogen) atoms. The van der Waals surface area contributed by atoms with E-state index in [9.17, 15) is 61.5 Å². The Morgan fingerprint density at radius 3 is 1.59 bits per heavy atom. The van der Waals surface area contributed by atoms with Gasteiger partial charge in [0, 0.05) is 6.42 Å². The van der Waals surface area contributed by atoms with Gasteiger partial charge in [-0.3, -0.25) is 4.39 Å². The van der Waals surface area contributed by atoms with E-state index in [4.69, 9.17) is 0 Å². The van der Waals surface area contributed by atoms with E-state index < -0.39 is 72.8 Å². The van der Waals surface area contributed by atoms with Gasteiger partial charge in [0.1, 0.15) is 0 Å².